The number of allylic oxidation sites excluding steroid dienone is 1. The molecule has 0 aromatic heterocycles. The molecule has 1 rings (SSSR count). The van der Waals surface area contributed by atoms with Gasteiger partial charge in [0.15, 0.2) is 0 Å². The molecule has 0 aliphatic rings. The Morgan fingerprint density at radius 1 is 1.08 bits per heavy atom. The first-order valence-corrected chi connectivity index (χ1v) is 4.98. The van der Waals surface area contributed by atoms with Gasteiger partial charge in [-0.05, 0) is 12.5 Å². The Bertz CT molecular complexity index is 307. The maximum atomic E-state index is 5.81. The van der Waals surface area contributed by atoms with E-state index in [-0.39, 0.29) is 4.49 Å². The van der Waals surface area contributed by atoms with Gasteiger partial charge in [-0.1, -0.05) is 64.6 Å². The number of hydrogen-bond donors (Lipinski definition) is 0. The molecule has 0 saturated carbocycles. The first-order chi connectivity index (χ1) is 6.09. The highest BCUT2D eigenvalue weighted by atomic mass is 35.5. The van der Waals surface area contributed by atoms with Crippen LogP contribution in [0, 0.1) is 6.92 Å². The summed E-state index contributed by atoms with van der Waals surface area (Å²) in [5.41, 5.74) is 2.33. The molecular formula is C10H9Cl3. The topological polar surface area (TPSA) is 0 Å². The molecule has 3 heteroatoms. The van der Waals surface area contributed by atoms with E-state index in [9.17, 15) is 0 Å². The molecule has 0 aliphatic carbocycles. The lowest BCUT2D eigenvalue weighted by atomic mass is 10.1. The normalized spacial score (nSPS) is 9.85. The molecule has 0 radical (unpaired) electrons. The summed E-state index contributed by atoms with van der Waals surface area (Å²) in [7, 11) is 0. The summed E-state index contributed by atoms with van der Waals surface area (Å²) in [4.78, 5) is 0. The predicted octanol–water partition coefficient (Wildman–Crippen LogP) is 4.42. The van der Waals surface area contributed by atoms with Crippen molar-refractivity contribution in [1.29, 1.82) is 0 Å². The third kappa shape index (κ3) is 3.60. The molecule has 0 aliphatic heterocycles. The number of aryl methyl sites for hydroxylation is 1. The quantitative estimate of drug-likeness (QED) is 0.712. The van der Waals surface area contributed by atoms with Gasteiger partial charge in [0.05, 0.1) is 5.03 Å². The van der Waals surface area contributed by atoms with Crippen molar-refractivity contribution < 1.29 is 0 Å². The summed E-state index contributed by atoms with van der Waals surface area (Å²) in [5.74, 6) is 0. The van der Waals surface area contributed by atoms with Crippen LogP contribution in [-0.4, -0.2) is 0 Å². The highest BCUT2D eigenvalue weighted by molar-refractivity contribution is 6.59. The van der Waals surface area contributed by atoms with Gasteiger partial charge in [-0.2, -0.15) is 0 Å². The maximum Gasteiger partial charge on any atom is 0.121 e. The second kappa shape index (κ2) is 4.90. The highest BCUT2D eigenvalue weighted by Gasteiger charge is 2.00. The van der Waals surface area contributed by atoms with Crippen LogP contribution in [0.5, 0.6) is 0 Å². The van der Waals surface area contributed by atoms with Gasteiger partial charge in [-0.15, -0.1) is 0 Å². The number of hydrogen-bond acceptors (Lipinski definition) is 0. The molecule has 0 heterocycles. The molecule has 0 bridgehead atoms. The Balaban J connectivity index is 2.76. The predicted molar refractivity (Wildman–Crippen MR) is 59.5 cm³/mol. The summed E-state index contributed by atoms with van der Waals surface area (Å²) >= 11 is 16.9. The molecule has 0 fully saturated rings. The van der Waals surface area contributed by atoms with Gasteiger partial charge in [0.25, 0.3) is 0 Å². The first-order valence-electron chi connectivity index (χ1n) is 3.85. The van der Waals surface area contributed by atoms with E-state index in [4.69, 9.17) is 34.8 Å². The highest BCUT2D eigenvalue weighted by Crippen LogP contribution is 2.21. The fraction of sp³-hybridized carbons (Fsp3) is 0.200. The Morgan fingerprint density at radius 2 is 1.62 bits per heavy atom. The van der Waals surface area contributed by atoms with Crippen LogP contribution >= 0.6 is 34.8 Å². The molecule has 0 N–H and O–H groups in total. The van der Waals surface area contributed by atoms with Crippen molar-refractivity contribution in [2.75, 3.05) is 0 Å². The van der Waals surface area contributed by atoms with Crippen LogP contribution in [0.2, 0.25) is 0 Å². The lowest BCUT2D eigenvalue weighted by Gasteiger charge is -2.00. The van der Waals surface area contributed by atoms with Crippen molar-refractivity contribution in [2.24, 2.45) is 0 Å². The molecule has 0 saturated heterocycles. The average Bonchev–Trinajstić information content (AvgIpc) is 2.08. The van der Waals surface area contributed by atoms with E-state index in [2.05, 4.69) is 0 Å². The summed E-state index contributed by atoms with van der Waals surface area (Å²) in [5, 5.41) is 0.479. The van der Waals surface area contributed by atoms with Crippen LogP contribution in [0.15, 0.2) is 33.8 Å². The molecule has 1 aromatic rings. The average molecular weight is 236 g/mol. The minimum absolute atomic E-state index is 0.141. The zero-order chi connectivity index (χ0) is 9.84. The van der Waals surface area contributed by atoms with E-state index in [1.807, 2.05) is 31.2 Å². The largest absolute Gasteiger partial charge is 0.121 e. The standard InChI is InChI=1S/C10H9Cl3/c1-7-2-4-8(5-3-7)6-9(11)10(12)13/h2-5H,6H2,1H3. The van der Waals surface area contributed by atoms with Crippen molar-refractivity contribution in [3.63, 3.8) is 0 Å². The van der Waals surface area contributed by atoms with Crippen LogP contribution in [0.1, 0.15) is 11.1 Å². The minimum Gasteiger partial charge on any atom is -0.0862 e. The van der Waals surface area contributed by atoms with Crippen LogP contribution in [-0.2, 0) is 6.42 Å². The van der Waals surface area contributed by atoms with E-state index >= 15 is 0 Å². The molecule has 13 heavy (non-hydrogen) atoms. The van der Waals surface area contributed by atoms with E-state index < -0.39 is 0 Å². The van der Waals surface area contributed by atoms with Gasteiger partial charge < -0.3 is 0 Å². The van der Waals surface area contributed by atoms with E-state index in [1.54, 1.807) is 0 Å². The molecule has 0 nitrogen and oxygen atoms in total. The van der Waals surface area contributed by atoms with Crippen molar-refractivity contribution in [3.05, 3.63) is 44.9 Å². The number of rotatable bonds is 2. The van der Waals surface area contributed by atoms with Gasteiger partial charge in [0.2, 0.25) is 0 Å². The Morgan fingerprint density at radius 3 is 2.08 bits per heavy atom. The zero-order valence-corrected chi connectivity index (χ0v) is 9.42. The lowest BCUT2D eigenvalue weighted by Crippen LogP contribution is -1.85. The van der Waals surface area contributed by atoms with Crippen molar-refractivity contribution in [2.45, 2.75) is 13.3 Å². The van der Waals surface area contributed by atoms with Crippen LogP contribution in [0.4, 0.5) is 0 Å². The van der Waals surface area contributed by atoms with Crippen molar-refractivity contribution in [3.8, 4) is 0 Å². The fourth-order valence-electron chi connectivity index (χ4n) is 0.952. The summed E-state index contributed by atoms with van der Waals surface area (Å²) in [6.45, 7) is 2.04. The first kappa shape index (κ1) is 10.9. The minimum atomic E-state index is 0.141. The second-order valence-corrected chi connectivity index (χ2v) is 4.23. The zero-order valence-electron chi connectivity index (χ0n) is 7.15. The molecule has 0 spiro atoms. The molecule has 0 atom stereocenters. The van der Waals surface area contributed by atoms with Crippen LogP contribution < -0.4 is 0 Å². The number of halogens is 3. The van der Waals surface area contributed by atoms with Crippen LogP contribution in [0.25, 0.3) is 0 Å². The third-order valence-corrected chi connectivity index (χ3v) is 2.66. The lowest BCUT2D eigenvalue weighted by molar-refractivity contribution is 1.23. The number of benzene rings is 1. The van der Waals surface area contributed by atoms with E-state index in [0.717, 1.165) is 5.56 Å². The molecule has 1 aromatic carbocycles. The van der Waals surface area contributed by atoms with Gasteiger partial charge in [-0.25, -0.2) is 0 Å². The van der Waals surface area contributed by atoms with Gasteiger partial charge >= 0.3 is 0 Å². The van der Waals surface area contributed by atoms with Crippen molar-refractivity contribution in [1.82, 2.24) is 0 Å². The van der Waals surface area contributed by atoms with E-state index in [1.165, 1.54) is 5.56 Å². The monoisotopic (exact) mass is 234 g/mol. The Labute approximate surface area is 93.1 Å². The summed E-state index contributed by atoms with van der Waals surface area (Å²) in [6, 6.07) is 8.08. The maximum absolute atomic E-state index is 5.81. The molecule has 0 amide bonds. The van der Waals surface area contributed by atoms with E-state index in [0.29, 0.717) is 11.5 Å². The second-order valence-electron chi connectivity index (χ2n) is 2.83. The molecule has 70 valence electrons. The van der Waals surface area contributed by atoms with Gasteiger partial charge in [-0.3, -0.25) is 0 Å². The molecule has 0 unspecified atom stereocenters. The SMILES string of the molecule is Cc1ccc(CC(Cl)=C(Cl)Cl)cc1. The summed E-state index contributed by atoms with van der Waals surface area (Å²) < 4.78 is 0.141. The Hall–Kier alpha value is -0.170. The van der Waals surface area contributed by atoms with Gasteiger partial charge in [0, 0.05) is 6.42 Å². The fourth-order valence-corrected chi connectivity index (χ4v) is 1.24. The smallest absolute Gasteiger partial charge is 0.0862 e. The van der Waals surface area contributed by atoms with Crippen LogP contribution in [0.3, 0.4) is 0 Å². The van der Waals surface area contributed by atoms with Gasteiger partial charge in [0.1, 0.15) is 4.49 Å². The summed E-state index contributed by atoms with van der Waals surface area (Å²) in [6.07, 6.45) is 0.587. The van der Waals surface area contributed by atoms with Crippen molar-refractivity contribution >= 4 is 34.8 Å². The molecular weight excluding hydrogens is 226 g/mol. The third-order valence-electron chi connectivity index (χ3n) is 1.68. The Kier molecular flexibility index (Phi) is 4.11.